The molecular weight excluding hydrogens is 238 g/mol. The van der Waals surface area contributed by atoms with E-state index < -0.39 is 5.79 Å². The van der Waals surface area contributed by atoms with Crippen LogP contribution in [0.4, 0.5) is 0 Å². The van der Waals surface area contributed by atoms with Gasteiger partial charge in [0.15, 0.2) is 0 Å². The van der Waals surface area contributed by atoms with Gasteiger partial charge in [-0.3, -0.25) is 0 Å². The van der Waals surface area contributed by atoms with Crippen molar-refractivity contribution in [3.63, 3.8) is 0 Å². The van der Waals surface area contributed by atoms with Gasteiger partial charge in [-0.05, 0) is 31.8 Å². The molecule has 0 radical (unpaired) electrons. The standard InChI is InChI=1S/C16H21NO2/c1-4-19-16(18,12-17(2)3)15-11-7-9-13-8-5-6-10-14(13)15/h5-11,18H,4,12H2,1-3H3. The van der Waals surface area contributed by atoms with E-state index >= 15 is 0 Å². The largest absolute Gasteiger partial charge is 0.361 e. The van der Waals surface area contributed by atoms with E-state index in [4.69, 9.17) is 4.74 Å². The number of likely N-dealkylation sites (N-methyl/N-ethyl adjacent to an activating group) is 1. The van der Waals surface area contributed by atoms with Gasteiger partial charge in [0.1, 0.15) is 0 Å². The first-order valence-electron chi connectivity index (χ1n) is 6.56. The Hall–Kier alpha value is -1.42. The highest BCUT2D eigenvalue weighted by molar-refractivity contribution is 5.86. The molecule has 2 aromatic carbocycles. The highest BCUT2D eigenvalue weighted by atomic mass is 16.6. The lowest BCUT2D eigenvalue weighted by atomic mass is 9.97. The summed E-state index contributed by atoms with van der Waals surface area (Å²) in [6.07, 6.45) is 0. The molecule has 0 aliphatic heterocycles. The van der Waals surface area contributed by atoms with Gasteiger partial charge in [-0.1, -0.05) is 42.5 Å². The van der Waals surface area contributed by atoms with Crippen LogP contribution in [0, 0.1) is 0 Å². The van der Waals surface area contributed by atoms with E-state index in [1.165, 1.54) is 0 Å². The molecule has 0 spiro atoms. The van der Waals surface area contributed by atoms with Crippen molar-refractivity contribution in [1.82, 2.24) is 4.90 Å². The molecule has 2 aromatic rings. The molecule has 1 unspecified atom stereocenters. The SMILES string of the molecule is CCOC(O)(CN(C)C)c1cccc2ccccc12. The third-order valence-electron chi connectivity index (χ3n) is 3.12. The summed E-state index contributed by atoms with van der Waals surface area (Å²) >= 11 is 0. The van der Waals surface area contributed by atoms with Gasteiger partial charge in [-0.2, -0.15) is 0 Å². The average Bonchev–Trinajstić information content (AvgIpc) is 2.37. The first kappa shape index (κ1) is 14.0. The molecule has 0 bridgehead atoms. The Morgan fingerprint density at radius 1 is 1.11 bits per heavy atom. The Balaban J connectivity index is 2.55. The summed E-state index contributed by atoms with van der Waals surface area (Å²) in [5, 5.41) is 13.0. The summed E-state index contributed by atoms with van der Waals surface area (Å²) in [6, 6.07) is 14.0. The number of ether oxygens (including phenoxy) is 1. The predicted molar refractivity (Wildman–Crippen MR) is 78.0 cm³/mol. The van der Waals surface area contributed by atoms with E-state index in [-0.39, 0.29) is 0 Å². The maximum atomic E-state index is 10.9. The van der Waals surface area contributed by atoms with Gasteiger partial charge in [-0.15, -0.1) is 0 Å². The van der Waals surface area contributed by atoms with Crippen molar-refractivity contribution in [3.05, 3.63) is 48.0 Å². The van der Waals surface area contributed by atoms with Crippen LogP contribution in [0.5, 0.6) is 0 Å². The number of benzene rings is 2. The lowest BCUT2D eigenvalue weighted by Gasteiger charge is -2.32. The summed E-state index contributed by atoms with van der Waals surface area (Å²) in [7, 11) is 3.85. The van der Waals surface area contributed by atoms with E-state index in [0.29, 0.717) is 13.2 Å². The Kier molecular flexibility index (Phi) is 4.20. The van der Waals surface area contributed by atoms with Crippen molar-refractivity contribution in [2.24, 2.45) is 0 Å². The van der Waals surface area contributed by atoms with Crippen molar-refractivity contribution in [3.8, 4) is 0 Å². The number of hydrogen-bond acceptors (Lipinski definition) is 3. The quantitative estimate of drug-likeness (QED) is 0.838. The van der Waals surface area contributed by atoms with Crippen LogP contribution in [0.1, 0.15) is 12.5 Å². The Morgan fingerprint density at radius 2 is 1.79 bits per heavy atom. The van der Waals surface area contributed by atoms with E-state index in [9.17, 15) is 5.11 Å². The topological polar surface area (TPSA) is 32.7 Å². The fraction of sp³-hybridized carbons (Fsp3) is 0.375. The number of aliphatic hydroxyl groups is 1. The Labute approximate surface area is 114 Å². The third-order valence-corrected chi connectivity index (χ3v) is 3.12. The molecule has 1 N–H and O–H groups in total. The number of fused-ring (bicyclic) bond motifs is 1. The summed E-state index contributed by atoms with van der Waals surface area (Å²) in [4.78, 5) is 1.93. The molecule has 19 heavy (non-hydrogen) atoms. The number of rotatable bonds is 5. The number of hydrogen-bond donors (Lipinski definition) is 1. The molecule has 0 aliphatic carbocycles. The van der Waals surface area contributed by atoms with Crippen LogP contribution in [0.15, 0.2) is 42.5 Å². The van der Waals surface area contributed by atoms with Gasteiger partial charge in [0.2, 0.25) is 5.79 Å². The van der Waals surface area contributed by atoms with Crippen LogP contribution in [-0.2, 0) is 10.5 Å². The van der Waals surface area contributed by atoms with Crippen molar-refractivity contribution in [2.45, 2.75) is 12.7 Å². The number of nitrogens with zero attached hydrogens (tertiary/aromatic N) is 1. The van der Waals surface area contributed by atoms with Crippen LogP contribution in [0.2, 0.25) is 0 Å². The van der Waals surface area contributed by atoms with Crippen LogP contribution in [-0.4, -0.2) is 37.3 Å². The van der Waals surface area contributed by atoms with Crippen molar-refractivity contribution >= 4 is 10.8 Å². The molecule has 3 nitrogen and oxygen atoms in total. The van der Waals surface area contributed by atoms with Crippen LogP contribution in [0.3, 0.4) is 0 Å². The van der Waals surface area contributed by atoms with Gasteiger partial charge in [-0.25, -0.2) is 0 Å². The fourth-order valence-corrected chi connectivity index (χ4v) is 2.44. The van der Waals surface area contributed by atoms with Gasteiger partial charge < -0.3 is 14.7 Å². The smallest absolute Gasteiger partial charge is 0.206 e. The lowest BCUT2D eigenvalue weighted by Crippen LogP contribution is -2.40. The monoisotopic (exact) mass is 259 g/mol. The van der Waals surface area contributed by atoms with Crippen molar-refractivity contribution in [2.75, 3.05) is 27.2 Å². The molecule has 0 fully saturated rings. The highest BCUT2D eigenvalue weighted by Gasteiger charge is 2.32. The van der Waals surface area contributed by atoms with E-state index in [1.807, 2.05) is 68.4 Å². The summed E-state index contributed by atoms with van der Waals surface area (Å²) in [5.41, 5.74) is 0.821. The van der Waals surface area contributed by atoms with Gasteiger partial charge >= 0.3 is 0 Å². The average molecular weight is 259 g/mol. The maximum Gasteiger partial charge on any atom is 0.206 e. The molecular formula is C16H21NO2. The Morgan fingerprint density at radius 3 is 2.47 bits per heavy atom. The molecule has 0 heterocycles. The lowest BCUT2D eigenvalue weighted by molar-refractivity contribution is -0.215. The molecule has 0 aromatic heterocycles. The molecule has 102 valence electrons. The van der Waals surface area contributed by atoms with Gasteiger partial charge in [0.25, 0.3) is 0 Å². The van der Waals surface area contributed by atoms with Gasteiger partial charge in [0, 0.05) is 12.2 Å². The molecule has 0 saturated heterocycles. The second-order valence-electron chi connectivity index (χ2n) is 4.98. The van der Waals surface area contributed by atoms with Crippen LogP contribution >= 0.6 is 0 Å². The van der Waals surface area contributed by atoms with Crippen LogP contribution in [0.25, 0.3) is 10.8 Å². The van der Waals surface area contributed by atoms with Crippen molar-refractivity contribution < 1.29 is 9.84 Å². The predicted octanol–water partition coefficient (Wildman–Crippen LogP) is 2.58. The zero-order valence-electron chi connectivity index (χ0n) is 11.8. The fourth-order valence-electron chi connectivity index (χ4n) is 2.44. The maximum absolute atomic E-state index is 10.9. The normalized spacial score (nSPS) is 14.8. The van der Waals surface area contributed by atoms with E-state index in [0.717, 1.165) is 16.3 Å². The molecule has 0 aliphatic rings. The third kappa shape index (κ3) is 2.95. The minimum absolute atomic E-state index is 0.425. The zero-order valence-corrected chi connectivity index (χ0v) is 11.8. The molecule has 2 rings (SSSR count). The first-order chi connectivity index (χ1) is 9.07. The second kappa shape index (κ2) is 5.70. The van der Waals surface area contributed by atoms with Crippen molar-refractivity contribution in [1.29, 1.82) is 0 Å². The molecule has 3 heteroatoms. The van der Waals surface area contributed by atoms with E-state index in [2.05, 4.69) is 0 Å². The molecule has 0 saturated carbocycles. The highest BCUT2D eigenvalue weighted by Crippen LogP contribution is 2.30. The van der Waals surface area contributed by atoms with Gasteiger partial charge in [0.05, 0.1) is 6.54 Å². The minimum Gasteiger partial charge on any atom is -0.361 e. The van der Waals surface area contributed by atoms with E-state index in [1.54, 1.807) is 0 Å². The van der Waals surface area contributed by atoms with Crippen LogP contribution < -0.4 is 0 Å². The Bertz CT molecular complexity index is 548. The minimum atomic E-state index is -1.28. The summed E-state index contributed by atoms with van der Waals surface area (Å²) < 4.78 is 5.65. The zero-order chi connectivity index (χ0) is 13.9. The summed E-state index contributed by atoms with van der Waals surface area (Å²) in [6.45, 7) is 2.79. The molecule has 1 atom stereocenters. The summed E-state index contributed by atoms with van der Waals surface area (Å²) in [5.74, 6) is -1.28. The second-order valence-corrected chi connectivity index (χ2v) is 4.98. The molecule has 0 amide bonds. The first-order valence-corrected chi connectivity index (χ1v) is 6.56.